The van der Waals surface area contributed by atoms with Crippen molar-refractivity contribution in [3.8, 4) is 17.1 Å². The van der Waals surface area contributed by atoms with Crippen molar-refractivity contribution < 1.29 is 29.0 Å². The highest BCUT2D eigenvalue weighted by Crippen LogP contribution is 2.37. The first-order valence-corrected chi connectivity index (χ1v) is 13.2. The standard InChI is InChI=1S/C27H32N8O6/c1-27(2,3)41-26(39)34-11-15(12-34)13-35-14-28-23(33-35)17-6-5-7-18(22(17)40-4)29-19-10-20(30-24(36)16-8-9-16)31-32-21(19)25(37)38/h5-7,10,14-16H,8-9,11-13H2,1-4H3,(H,37,38)(H2,29,30,31,36). The second kappa shape index (κ2) is 11.0. The number of anilines is 3. The Hall–Kier alpha value is -4.75. The summed E-state index contributed by atoms with van der Waals surface area (Å²) >= 11 is 0. The third-order valence-corrected chi connectivity index (χ3v) is 6.52. The molecule has 2 fully saturated rings. The van der Waals surface area contributed by atoms with Gasteiger partial charge in [0.15, 0.2) is 23.1 Å². The van der Waals surface area contributed by atoms with E-state index in [4.69, 9.17) is 9.47 Å². The molecule has 3 N–H and O–H groups in total. The van der Waals surface area contributed by atoms with Crippen LogP contribution in [0.1, 0.15) is 44.1 Å². The highest BCUT2D eigenvalue weighted by molar-refractivity contribution is 5.97. The minimum absolute atomic E-state index is 0.0513. The topological polar surface area (TPSA) is 174 Å². The summed E-state index contributed by atoms with van der Waals surface area (Å²) in [5.41, 5.74) is 0.310. The van der Waals surface area contributed by atoms with E-state index in [9.17, 15) is 19.5 Å². The maximum Gasteiger partial charge on any atom is 0.410 e. The fourth-order valence-corrected chi connectivity index (χ4v) is 4.39. The van der Waals surface area contributed by atoms with Gasteiger partial charge in [-0.1, -0.05) is 6.07 Å². The van der Waals surface area contributed by atoms with Crippen molar-refractivity contribution in [3.05, 3.63) is 36.3 Å². The molecular formula is C27H32N8O6. The summed E-state index contributed by atoms with van der Waals surface area (Å²) in [5.74, 6) is -0.337. The fourth-order valence-electron chi connectivity index (χ4n) is 4.39. The van der Waals surface area contributed by atoms with Crippen LogP contribution in [0.2, 0.25) is 0 Å². The summed E-state index contributed by atoms with van der Waals surface area (Å²) in [5, 5.41) is 27.6. The molecule has 2 aliphatic rings. The molecule has 2 aromatic heterocycles. The molecule has 41 heavy (non-hydrogen) atoms. The molecule has 3 aromatic rings. The Morgan fingerprint density at radius 3 is 2.54 bits per heavy atom. The van der Waals surface area contributed by atoms with Crippen molar-refractivity contribution in [3.63, 3.8) is 0 Å². The first-order valence-electron chi connectivity index (χ1n) is 13.2. The summed E-state index contributed by atoms with van der Waals surface area (Å²) in [6, 6.07) is 6.69. The number of benzene rings is 1. The zero-order valence-electron chi connectivity index (χ0n) is 23.2. The van der Waals surface area contributed by atoms with Crippen molar-refractivity contribution in [2.45, 2.75) is 45.8 Å². The molecule has 1 saturated heterocycles. The number of likely N-dealkylation sites (tertiary alicyclic amines) is 1. The Morgan fingerprint density at radius 2 is 1.88 bits per heavy atom. The lowest BCUT2D eigenvalue weighted by atomic mass is 10.0. The van der Waals surface area contributed by atoms with Gasteiger partial charge in [0, 0.05) is 37.5 Å². The molecule has 5 rings (SSSR count). The van der Waals surface area contributed by atoms with Gasteiger partial charge in [-0.15, -0.1) is 10.2 Å². The highest BCUT2D eigenvalue weighted by Gasteiger charge is 2.34. The van der Waals surface area contributed by atoms with Crippen LogP contribution in [0, 0.1) is 11.8 Å². The number of carboxylic acid groups (broad SMARTS) is 1. The Labute approximate surface area is 236 Å². The lowest BCUT2D eigenvalue weighted by Gasteiger charge is -2.39. The summed E-state index contributed by atoms with van der Waals surface area (Å²) in [6.07, 6.45) is 2.93. The molecule has 0 atom stereocenters. The minimum Gasteiger partial charge on any atom is -0.494 e. The molecule has 216 valence electrons. The molecule has 0 unspecified atom stereocenters. The van der Waals surface area contributed by atoms with Crippen molar-refractivity contribution in [2.24, 2.45) is 11.8 Å². The van der Waals surface area contributed by atoms with Crippen LogP contribution in [-0.2, 0) is 16.1 Å². The minimum atomic E-state index is -1.28. The number of amides is 2. The molecule has 3 heterocycles. The van der Waals surface area contributed by atoms with Crippen molar-refractivity contribution in [2.75, 3.05) is 30.8 Å². The quantitative estimate of drug-likeness (QED) is 0.347. The number of ether oxygens (including phenoxy) is 2. The van der Waals surface area contributed by atoms with Crippen molar-refractivity contribution in [1.29, 1.82) is 0 Å². The van der Waals surface area contributed by atoms with Gasteiger partial charge < -0.3 is 30.1 Å². The zero-order valence-corrected chi connectivity index (χ0v) is 23.2. The van der Waals surface area contributed by atoms with Crippen LogP contribution in [0.25, 0.3) is 11.4 Å². The fraction of sp³-hybridized carbons (Fsp3) is 0.444. The van der Waals surface area contributed by atoms with Crippen LogP contribution >= 0.6 is 0 Å². The Bertz CT molecular complexity index is 1470. The van der Waals surface area contributed by atoms with Gasteiger partial charge in [0.05, 0.1) is 24.0 Å². The average Bonchev–Trinajstić information content (AvgIpc) is 3.63. The molecule has 0 spiro atoms. The number of carbonyl (C=O) groups is 3. The molecule has 1 aromatic carbocycles. The number of hydrogen-bond acceptors (Lipinski definition) is 10. The lowest BCUT2D eigenvalue weighted by molar-refractivity contribution is -0.117. The van der Waals surface area contributed by atoms with E-state index >= 15 is 0 Å². The van der Waals surface area contributed by atoms with E-state index < -0.39 is 11.6 Å². The number of nitrogens with one attached hydrogen (secondary N) is 2. The monoisotopic (exact) mass is 564 g/mol. The first-order chi connectivity index (χ1) is 19.5. The number of para-hydroxylation sites is 1. The molecule has 1 saturated carbocycles. The van der Waals surface area contributed by atoms with E-state index in [2.05, 4.69) is 30.9 Å². The molecule has 1 aliphatic carbocycles. The van der Waals surface area contributed by atoms with Gasteiger partial charge in [0.2, 0.25) is 5.91 Å². The molecule has 14 nitrogen and oxygen atoms in total. The van der Waals surface area contributed by atoms with Gasteiger partial charge in [0.25, 0.3) is 0 Å². The van der Waals surface area contributed by atoms with E-state index in [1.807, 2.05) is 20.8 Å². The van der Waals surface area contributed by atoms with Gasteiger partial charge in [-0.05, 0) is 45.7 Å². The number of aromatic carboxylic acids is 1. The number of carboxylic acids is 1. The van der Waals surface area contributed by atoms with Crippen molar-refractivity contribution in [1.82, 2.24) is 29.9 Å². The number of nitrogens with zero attached hydrogens (tertiary/aromatic N) is 6. The summed E-state index contributed by atoms with van der Waals surface area (Å²) in [6.45, 7) is 7.23. The predicted molar refractivity (Wildman–Crippen MR) is 147 cm³/mol. The largest absolute Gasteiger partial charge is 0.494 e. The summed E-state index contributed by atoms with van der Waals surface area (Å²) in [7, 11) is 1.49. The average molecular weight is 565 g/mol. The van der Waals surface area contributed by atoms with Gasteiger partial charge in [-0.25, -0.2) is 14.6 Å². The lowest BCUT2D eigenvalue weighted by Crippen LogP contribution is -2.52. The Morgan fingerprint density at radius 1 is 1.12 bits per heavy atom. The van der Waals surface area contributed by atoms with E-state index in [0.29, 0.717) is 42.5 Å². The number of hydrogen-bond donors (Lipinski definition) is 3. The van der Waals surface area contributed by atoms with Crippen LogP contribution in [-0.4, -0.2) is 78.7 Å². The van der Waals surface area contributed by atoms with Gasteiger partial charge in [-0.2, -0.15) is 5.10 Å². The molecule has 2 amide bonds. The number of methoxy groups -OCH3 is 1. The van der Waals surface area contributed by atoms with Crippen LogP contribution in [0.15, 0.2) is 30.6 Å². The smallest absolute Gasteiger partial charge is 0.410 e. The maximum absolute atomic E-state index is 12.2. The SMILES string of the molecule is COc1c(Nc2cc(NC(=O)C3CC3)nnc2C(=O)O)cccc1-c1ncn(CC2CN(C(=O)OC(C)(C)C)C2)n1. The maximum atomic E-state index is 12.2. The highest BCUT2D eigenvalue weighted by atomic mass is 16.6. The second-order valence-corrected chi connectivity index (χ2v) is 11.1. The van der Waals surface area contributed by atoms with E-state index in [-0.39, 0.29) is 41.0 Å². The molecule has 0 bridgehead atoms. The normalized spacial score (nSPS) is 15.2. The van der Waals surface area contributed by atoms with Gasteiger partial charge in [-0.3, -0.25) is 9.48 Å². The predicted octanol–water partition coefficient (Wildman–Crippen LogP) is 3.40. The zero-order chi connectivity index (χ0) is 29.3. The third-order valence-electron chi connectivity index (χ3n) is 6.52. The van der Waals surface area contributed by atoms with E-state index in [1.54, 1.807) is 34.1 Å². The first kappa shape index (κ1) is 27.8. The molecule has 1 aliphatic heterocycles. The van der Waals surface area contributed by atoms with E-state index in [1.165, 1.54) is 13.2 Å². The summed E-state index contributed by atoms with van der Waals surface area (Å²) < 4.78 is 12.8. The van der Waals surface area contributed by atoms with E-state index in [0.717, 1.165) is 12.8 Å². The molecular weight excluding hydrogens is 532 g/mol. The van der Waals surface area contributed by atoms with Crippen LogP contribution in [0.3, 0.4) is 0 Å². The second-order valence-electron chi connectivity index (χ2n) is 11.1. The van der Waals surface area contributed by atoms with Crippen LogP contribution in [0.4, 0.5) is 22.0 Å². The van der Waals surface area contributed by atoms with Gasteiger partial charge >= 0.3 is 12.1 Å². The van der Waals surface area contributed by atoms with Crippen LogP contribution in [0.5, 0.6) is 5.75 Å². The van der Waals surface area contributed by atoms with Crippen LogP contribution < -0.4 is 15.4 Å². The van der Waals surface area contributed by atoms with Crippen molar-refractivity contribution >= 4 is 35.2 Å². The number of aromatic nitrogens is 5. The number of carbonyl (C=O) groups excluding carboxylic acids is 2. The Balaban J connectivity index is 1.30. The molecule has 14 heteroatoms. The summed E-state index contributed by atoms with van der Waals surface area (Å²) in [4.78, 5) is 42.3. The molecule has 0 radical (unpaired) electrons. The van der Waals surface area contributed by atoms with Gasteiger partial charge in [0.1, 0.15) is 11.9 Å². The number of rotatable bonds is 9. The third kappa shape index (κ3) is 6.53. The Kier molecular flexibility index (Phi) is 7.47.